The molecule has 1 amide bonds. The Morgan fingerprint density at radius 3 is 2.52 bits per heavy atom. The molecule has 3 nitrogen and oxygen atoms in total. The minimum Gasteiger partial charge on any atom is -0.489 e. The Hall–Kier alpha value is -2.29. The van der Waals surface area contributed by atoms with E-state index in [0.29, 0.717) is 25.5 Å². The maximum atomic E-state index is 13.0. The summed E-state index contributed by atoms with van der Waals surface area (Å²) in [7, 11) is 0. The summed E-state index contributed by atoms with van der Waals surface area (Å²) < 4.78 is 5.97. The molecule has 1 aliphatic carbocycles. The first kappa shape index (κ1) is 21.4. The fourth-order valence-corrected chi connectivity index (χ4v) is 4.15. The molecule has 1 unspecified atom stereocenters. The lowest BCUT2D eigenvalue weighted by Gasteiger charge is -2.29. The van der Waals surface area contributed by atoms with E-state index in [-0.39, 0.29) is 6.04 Å². The number of carbonyl (C=O) groups is 1. The van der Waals surface area contributed by atoms with Crippen LogP contribution < -0.4 is 4.74 Å². The van der Waals surface area contributed by atoms with Gasteiger partial charge < -0.3 is 9.64 Å². The van der Waals surface area contributed by atoms with Gasteiger partial charge >= 0.3 is 0 Å². The number of ether oxygens (including phenoxy) is 1. The molecule has 2 aromatic carbocycles. The van der Waals surface area contributed by atoms with Gasteiger partial charge in [-0.3, -0.25) is 4.79 Å². The zero-order valence-corrected chi connectivity index (χ0v) is 18.0. The average Bonchev–Trinajstić information content (AvgIpc) is 3.28. The summed E-state index contributed by atoms with van der Waals surface area (Å²) in [4.78, 5) is 15.1. The molecular weight excluding hydrogens is 358 g/mol. The second kappa shape index (κ2) is 11.0. The van der Waals surface area contributed by atoms with Gasteiger partial charge in [0.05, 0.1) is 0 Å². The number of hydrogen-bond donors (Lipinski definition) is 0. The predicted octanol–water partition coefficient (Wildman–Crippen LogP) is 6.36. The summed E-state index contributed by atoms with van der Waals surface area (Å²) in [5.41, 5.74) is 2.28. The normalized spacial score (nSPS) is 15.2. The van der Waals surface area contributed by atoms with Crippen LogP contribution in [0.15, 0.2) is 54.6 Å². The molecule has 1 atom stereocenters. The second-order valence-corrected chi connectivity index (χ2v) is 8.39. The summed E-state index contributed by atoms with van der Waals surface area (Å²) in [5, 5.41) is 0. The van der Waals surface area contributed by atoms with Gasteiger partial charge in [0, 0.05) is 19.0 Å². The standard InChI is InChI=1S/C26H35NO2/c1-3-21(2)27(26(28)17-16-22-10-7-8-11-22)19-24-14-9-15-25(18-24)29-20-23-12-5-4-6-13-23/h4-6,9,12-15,18,21-22H,3,7-8,10-11,16-17,19-20H2,1-2H3. The number of benzene rings is 2. The maximum absolute atomic E-state index is 13.0. The van der Waals surface area contributed by atoms with E-state index in [1.807, 2.05) is 30.3 Å². The molecular formula is C26H35NO2. The molecule has 0 radical (unpaired) electrons. The summed E-state index contributed by atoms with van der Waals surface area (Å²) in [6.45, 7) is 5.52. The van der Waals surface area contributed by atoms with Crippen molar-refractivity contribution in [3.05, 3.63) is 65.7 Å². The average molecular weight is 394 g/mol. The van der Waals surface area contributed by atoms with E-state index in [2.05, 4.69) is 43.0 Å². The monoisotopic (exact) mass is 393 g/mol. The first-order valence-electron chi connectivity index (χ1n) is 11.2. The van der Waals surface area contributed by atoms with E-state index in [1.54, 1.807) is 0 Å². The molecule has 0 saturated heterocycles. The second-order valence-electron chi connectivity index (χ2n) is 8.39. The number of carbonyl (C=O) groups excluding carboxylic acids is 1. The maximum Gasteiger partial charge on any atom is 0.223 e. The molecule has 0 bridgehead atoms. The van der Waals surface area contributed by atoms with E-state index >= 15 is 0 Å². The fourth-order valence-electron chi connectivity index (χ4n) is 4.15. The van der Waals surface area contributed by atoms with E-state index in [9.17, 15) is 4.79 Å². The van der Waals surface area contributed by atoms with E-state index in [0.717, 1.165) is 35.6 Å². The van der Waals surface area contributed by atoms with Crippen molar-refractivity contribution < 1.29 is 9.53 Å². The summed E-state index contributed by atoms with van der Waals surface area (Å²) in [6, 6.07) is 18.6. The van der Waals surface area contributed by atoms with E-state index in [4.69, 9.17) is 4.74 Å². The van der Waals surface area contributed by atoms with Gasteiger partial charge in [-0.1, -0.05) is 75.1 Å². The number of rotatable bonds is 10. The van der Waals surface area contributed by atoms with Gasteiger partial charge in [0.1, 0.15) is 12.4 Å². The quantitative estimate of drug-likeness (QED) is 0.470. The van der Waals surface area contributed by atoms with E-state index in [1.165, 1.54) is 25.7 Å². The Bertz CT molecular complexity index is 752. The third kappa shape index (κ3) is 6.62. The highest BCUT2D eigenvalue weighted by atomic mass is 16.5. The number of nitrogens with zero attached hydrogens (tertiary/aromatic N) is 1. The highest BCUT2D eigenvalue weighted by molar-refractivity contribution is 5.76. The molecule has 0 heterocycles. The Kier molecular flexibility index (Phi) is 8.15. The van der Waals surface area contributed by atoms with Gasteiger partial charge in [-0.2, -0.15) is 0 Å². The number of hydrogen-bond acceptors (Lipinski definition) is 2. The summed E-state index contributed by atoms with van der Waals surface area (Å²) >= 11 is 0. The molecule has 1 aliphatic rings. The Balaban J connectivity index is 1.59. The zero-order valence-electron chi connectivity index (χ0n) is 18.0. The van der Waals surface area contributed by atoms with Gasteiger partial charge in [-0.05, 0) is 48.9 Å². The molecule has 0 aliphatic heterocycles. The lowest BCUT2D eigenvalue weighted by molar-refractivity contribution is -0.134. The SMILES string of the molecule is CCC(C)N(Cc1cccc(OCc2ccccc2)c1)C(=O)CCC1CCCC1. The zero-order chi connectivity index (χ0) is 20.5. The number of amides is 1. The molecule has 1 fully saturated rings. The van der Waals surface area contributed by atoms with Gasteiger partial charge in [0.2, 0.25) is 5.91 Å². The van der Waals surface area contributed by atoms with Crippen molar-refractivity contribution in [2.75, 3.05) is 0 Å². The third-order valence-corrected chi connectivity index (χ3v) is 6.18. The van der Waals surface area contributed by atoms with Crippen molar-refractivity contribution in [2.45, 2.75) is 78.0 Å². The van der Waals surface area contributed by atoms with Crippen LogP contribution in [-0.4, -0.2) is 16.8 Å². The largest absolute Gasteiger partial charge is 0.489 e. The minimum atomic E-state index is 0.250. The van der Waals surface area contributed by atoms with Crippen molar-refractivity contribution >= 4 is 5.91 Å². The summed E-state index contributed by atoms with van der Waals surface area (Å²) in [5.74, 6) is 1.91. The lowest BCUT2D eigenvalue weighted by Crippen LogP contribution is -2.37. The molecule has 3 heteroatoms. The van der Waals surface area contributed by atoms with Crippen LogP contribution >= 0.6 is 0 Å². The van der Waals surface area contributed by atoms with Crippen molar-refractivity contribution in [3.63, 3.8) is 0 Å². The predicted molar refractivity (Wildman–Crippen MR) is 119 cm³/mol. The fraction of sp³-hybridized carbons (Fsp3) is 0.500. The molecule has 3 rings (SSSR count). The highest BCUT2D eigenvalue weighted by Gasteiger charge is 2.22. The lowest BCUT2D eigenvalue weighted by atomic mass is 10.0. The topological polar surface area (TPSA) is 29.5 Å². The molecule has 1 saturated carbocycles. The molecule has 29 heavy (non-hydrogen) atoms. The summed E-state index contributed by atoms with van der Waals surface area (Å²) in [6.07, 6.45) is 7.98. The Morgan fingerprint density at radius 1 is 1.07 bits per heavy atom. The van der Waals surface area contributed by atoms with Crippen LogP contribution in [0.3, 0.4) is 0 Å². The van der Waals surface area contributed by atoms with Crippen molar-refractivity contribution in [1.82, 2.24) is 4.90 Å². The first-order chi connectivity index (χ1) is 14.2. The highest BCUT2D eigenvalue weighted by Crippen LogP contribution is 2.29. The van der Waals surface area contributed by atoms with Crippen molar-refractivity contribution in [1.29, 1.82) is 0 Å². The van der Waals surface area contributed by atoms with Gasteiger partial charge in [0.15, 0.2) is 0 Å². The van der Waals surface area contributed by atoms with Crippen LogP contribution in [0.25, 0.3) is 0 Å². The van der Waals surface area contributed by atoms with Crippen LogP contribution in [0.2, 0.25) is 0 Å². The third-order valence-electron chi connectivity index (χ3n) is 6.18. The van der Waals surface area contributed by atoms with Crippen molar-refractivity contribution in [3.8, 4) is 5.75 Å². The Labute approximate surface area is 176 Å². The molecule has 0 N–H and O–H groups in total. The minimum absolute atomic E-state index is 0.250. The van der Waals surface area contributed by atoms with Crippen LogP contribution in [0.1, 0.15) is 69.9 Å². The van der Waals surface area contributed by atoms with Crippen LogP contribution in [0.5, 0.6) is 5.75 Å². The smallest absolute Gasteiger partial charge is 0.223 e. The van der Waals surface area contributed by atoms with Crippen molar-refractivity contribution in [2.24, 2.45) is 5.92 Å². The van der Waals surface area contributed by atoms with Gasteiger partial charge in [0.25, 0.3) is 0 Å². The molecule has 0 spiro atoms. The van der Waals surface area contributed by atoms with Gasteiger partial charge in [-0.15, -0.1) is 0 Å². The van der Waals surface area contributed by atoms with Crippen LogP contribution in [0.4, 0.5) is 0 Å². The first-order valence-corrected chi connectivity index (χ1v) is 11.2. The molecule has 156 valence electrons. The van der Waals surface area contributed by atoms with Crippen LogP contribution in [-0.2, 0) is 17.9 Å². The molecule has 0 aromatic heterocycles. The Morgan fingerprint density at radius 2 is 1.79 bits per heavy atom. The van der Waals surface area contributed by atoms with Gasteiger partial charge in [-0.25, -0.2) is 0 Å². The molecule has 2 aromatic rings. The van der Waals surface area contributed by atoms with E-state index < -0.39 is 0 Å². The van der Waals surface area contributed by atoms with Crippen LogP contribution in [0, 0.1) is 5.92 Å².